The molecular formula is C9H22O3SSi. The first kappa shape index (κ1) is 14.1. The Kier molecular flexibility index (Phi) is 5.32. The van der Waals surface area contributed by atoms with E-state index in [1.54, 1.807) is 0 Å². The highest BCUT2D eigenvalue weighted by atomic mass is 32.2. The molecule has 0 aromatic carbocycles. The number of hydrogen-bond donors (Lipinski definition) is 0. The van der Waals surface area contributed by atoms with Crippen LogP contribution in [0, 0.1) is 0 Å². The maximum Gasteiger partial charge on any atom is 0.260 e. The van der Waals surface area contributed by atoms with E-state index in [1.165, 1.54) is 0 Å². The van der Waals surface area contributed by atoms with Crippen LogP contribution in [-0.2, 0) is 14.0 Å². The summed E-state index contributed by atoms with van der Waals surface area (Å²) < 4.78 is 28.8. The molecule has 0 spiro atoms. The van der Waals surface area contributed by atoms with E-state index in [-0.39, 0.29) is 5.25 Å². The summed E-state index contributed by atoms with van der Waals surface area (Å²) in [5, 5.41) is -0.320. The van der Waals surface area contributed by atoms with Crippen LogP contribution in [0.1, 0.15) is 33.1 Å². The Morgan fingerprint density at radius 1 is 1.21 bits per heavy atom. The van der Waals surface area contributed by atoms with Crippen molar-refractivity contribution in [3.8, 4) is 0 Å². The molecule has 0 saturated heterocycles. The second-order valence-electron chi connectivity index (χ2n) is 4.51. The second kappa shape index (κ2) is 5.28. The highest BCUT2D eigenvalue weighted by molar-refractivity contribution is 7.88. The van der Waals surface area contributed by atoms with Crippen LogP contribution in [0.15, 0.2) is 0 Å². The lowest BCUT2D eigenvalue weighted by molar-refractivity contribution is 0.461. The summed E-state index contributed by atoms with van der Waals surface area (Å²) in [6.07, 6.45) is 2.22. The van der Waals surface area contributed by atoms with Gasteiger partial charge in [-0.25, -0.2) is 8.42 Å². The van der Waals surface area contributed by atoms with E-state index in [1.807, 2.05) is 33.5 Å². The molecule has 0 aliphatic carbocycles. The minimum absolute atomic E-state index is 0.320. The Labute approximate surface area is 89.1 Å². The van der Waals surface area contributed by atoms with Gasteiger partial charge in [0.05, 0.1) is 5.25 Å². The molecule has 14 heavy (non-hydrogen) atoms. The molecule has 1 unspecified atom stereocenters. The predicted octanol–water partition coefficient (Wildman–Crippen LogP) is 2.75. The standard InChI is InChI=1S/C9H22O3SSi/c1-6-8-9(7-2)13(10,11)12-14(3,4)5/h9H,6-8H2,1-5H3. The lowest BCUT2D eigenvalue weighted by Gasteiger charge is -2.21. The molecule has 0 radical (unpaired) electrons. The van der Waals surface area contributed by atoms with E-state index in [4.69, 9.17) is 3.87 Å². The Hall–Kier alpha value is 0.127. The summed E-state index contributed by atoms with van der Waals surface area (Å²) in [4.78, 5) is 0. The monoisotopic (exact) mass is 238 g/mol. The highest BCUT2D eigenvalue weighted by Gasteiger charge is 2.30. The summed E-state index contributed by atoms with van der Waals surface area (Å²) >= 11 is 0. The summed E-state index contributed by atoms with van der Waals surface area (Å²) in [5.41, 5.74) is 0. The van der Waals surface area contributed by atoms with E-state index in [0.29, 0.717) is 12.8 Å². The van der Waals surface area contributed by atoms with Crippen LogP contribution in [0.3, 0.4) is 0 Å². The van der Waals surface area contributed by atoms with Crippen LogP contribution in [0.2, 0.25) is 19.6 Å². The summed E-state index contributed by atoms with van der Waals surface area (Å²) in [5.74, 6) is 0. The zero-order chi connectivity index (χ0) is 11.4. The molecule has 0 aliphatic heterocycles. The molecule has 0 aliphatic rings. The van der Waals surface area contributed by atoms with Gasteiger partial charge in [-0.05, 0) is 32.5 Å². The molecule has 3 nitrogen and oxygen atoms in total. The molecule has 5 heteroatoms. The van der Waals surface area contributed by atoms with Crippen molar-refractivity contribution in [1.82, 2.24) is 0 Å². The lowest BCUT2D eigenvalue weighted by atomic mass is 10.2. The quantitative estimate of drug-likeness (QED) is 0.668. The predicted molar refractivity (Wildman–Crippen MR) is 62.3 cm³/mol. The molecule has 0 heterocycles. The van der Waals surface area contributed by atoms with Gasteiger partial charge in [-0.2, -0.15) is 0 Å². The topological polar surface area (TPSA) is 43.4 Å². The van der Waals surface area contributed by atoms with Crippen molar-refractivity contribution in [1.29, 1.82) is 0 Å². The van der Waals surface area contributed by atoms with Gasteiger partial charge in [-0.3, -0.25) is 0 Å². The first-order valence-electron chi connectivity index (χ1n) is 5.17. The summed E-state index contributed by atoms with van der Waals surface area (Å²) in [6, 6.07) is 0. The molecular weight excluding hydrogens is 216 g/mol. The third kappa shape index (κ3) is 5.12. The minimum Gasteiger partial charge on any atom is -0.315 e. The zero-order valence-corrected chi connectivity index (χ0v) is 11.6. The van der Waals surface area contributed by atoms with Crippen LogP contribution in [0.5, 0.6) is 0 Å². The van der Waals surface area contributed by atoms with Crippen LogP contribution >= 0.6 is 0 Å². The average Bonchev–Trinajstić information content (AvgIpc) is 1.94. The van der Waals surface area contributed by atoms with E-state index in [9.17, 15) is 8.42 Å². The van der Waals surface area contributed by atoms with Crippen molar-refractivity contribution in [2.24, 2.45) is 0 Å². The fourth-order valence-corrected chi connectivity index (χ4v) is 5.56. The third-order valence-electron chi connectivity index (χ3n) is 1.84. The van der Waals surface area contributed by atoms with Gasteiger partial charge in [0.1, 0.15) is 0 Å². The zero-order valence-electron chi connectivity index (χ0n) is 9.83. The molecule has 0 rings (SSSR count). The average molecular weight is 238 g/mol. The Balaban J connectivity index is 4.59. The fourth-order valence-electron chi connectivity index (χ4n) is 1.29. The largest absolute Gasteiger partial charge is 0.315 e. The molecule has 1 atom stereocenters. The van der Waals surface area contributed by atoms with Crippen LogP contribution in [0.4, 0.5) is 0 Å². The van der Waals surface area contributed by atoms with Gasteiger partial charge in [0.2, 0.25) is 8.32 Å². The highest BCUT2D eigenvalue weighted by Crippen LogP contribution is 2.18. The molecule has 0 aromatic heterocycles. The smallest absolute Gasteiger partial charge is 0.260 e. The van der Waals surface area contributed by atoms with E-state index < -0.39 is 18.4 Å². The van der Waals surface area contributed by atoms with Crippen molar-refractivity contribution in [2.45, 2.75) is 58.0 Å². The van der Waals surface area contributed by atoms with Gasteiger partial charge in [-0.1, -0.05) is 20.3 Å². The van der Waals surface area contributed by atoms with Gasteiger partial charge in [0.15, 0.2) is 0 Å². The summed E-state index contributed by atoms with van der Waals surface area (Å²) in [7, 11) is -5.32. The minimum atomic E-state index is -3.33. The normalized spacial score (nSPS) is 15.5. The van der Waals surface area contributed by atoms with E-state index in [2.05, 4.69) is 0 Å². The molecule has 0 bridgehead atoms. The van der Waals surface area contributed by atoms with Crippen LogP contribution in [0.25, 0.3) is 0 Å². The molecule has 0 amide bonds. The number of hydrogen-bond acceptors (Lipinski definition) is 3. The molecule has 0 aromatic rings. The summed E-state index contributed by atoms with van der Waals surface area (Å²) in [6.45, 7) is 9.56. The third-order valence-corrected chi connectivity index (χ3v) is 6.16. The first-order chi connectivity index (χ1) is 6.23. The van der Waals surface area contributed by atoms with Gasteiger partial charge in [0.25, 0.3) is 10.1 Å². The lowest BCUT2D eigenvalue weighted by Crippen LogP contribution is -2.34. The van der Waals surface area contributed by atoms with Crippen LogP contribution < -0.4 is 0 Å². The van der Waals surface area contributed by atoms with Gasteiger partial charge in [0, 0.05) is 0 Å². The van der Waals surface area contributed by atoms with Crippen LogP contribution in [-0.4, -0.2) is 22.0 Å². The fraction of sp³-hybridized carbons (Fsp3) is 1.00. The van der Waals surface area contributed by atoms with Gasteiger partial charge < -0.3 is 3.87 Å². The van der Waals surface area contributed by atoms with Crippen molar-refractivity contribution in [2.75, 3.05) is 0 Å². The second-order valence-corrected chi connectivity index (χ2v) is 11.1. The SMILES string of the molecule is CCCC(CC)S(=O)(=O)O[Si](C)(C)C. The molecule has 0 N–H and O–H groups in total. The van der Waals surface area contributed by atoms with Crippen molar-refractivity contribution in [3.05, 3.63) is 0 Å². The van der Waals surface area contributed by atoms with Crippen molar-refractivity contribution >= 4 is 18.4 Å². The van der Waals surface area contributed by atoms with E-state index >= 15 is 0 Å². The molecule has 86 valence electrons. The molecule has 0 saturated carbocycles. The first-order valence-corrected chi connectivity index (χ1v) is 10.1. The van der Waals surface area contributed by atoms with Gasteiger partial charge >= 0.3 is 0 Å². The Bertz CT molecular complexity index is 254. The van der Waals surface area contributed by atoms with Crippen molar-refractivity contribution < 1.29 is 12.3 Å². The molecule has 0 fully saturated rings. The maximum atomic E-state index is 11.8. The Morgan fingerprint density at radius 2 is 1.71 bits per heavy atom. The van der Waals surface area contributed by atoms with Crippen molar-refractivity contribution in [3.63, 3.8) is 0 Å². The maximum absolute atomic E-state index is 11.8. The van der Waals surface area contributed by atoms with Gasteiger partial charge in [-0.15, -0.1) is 0 Å². The number of rotatable bonds is 6. The Morgan fingerprint density at radius 3 is 2.00 bits per heavy atom. The van der Waals surface area contributed by atoms with E-state index in [0.717, 1.165) is 6.42 Å².